The van der Waals surface area contributed by atoms with Crippen molar-refractivity contribution in [2.75, 3.05) is 7.05 Å². The molecular formula is C18H18N4O3S. The molecule has 0 atom stereocenters. The SMILES string of the molecule is CNC(=O)NC(=O)Cn1cnc2scc(-c3ccc(C)c(C)c3)c2c1=O. The molecule has 3 rings (SSSR count). The molecule has 1 aromatic carbocycles. The van der Waals surface area contributed by atoms with E-state index < -0.39 is 11.9 Å². The molecule has 0 radical (unpaired) electrons. The Balaban J connectivity index is 2.03. The molecule has 0 saturated heterocycles. The summed E-state index contributed by atoms with van der Waals surface area (Å²) in [6.45, 7) is 3.77. The third-order valence-corrected chi connectivity index (χ3v) is 5.06. The van der Waals surface area contributed by atoms with E-state index in [1.807, 2.05) is 37.4 Å². The van der Waals surface area contributed by atoms with Gasteiger partial charge in [0, 0.05) is 18.0 Å². The van der Waals surface area contributed by atoms with Gasteiger partial charge >= 0.3 is 6.03 Å². The summed E-state index contributed by atoms with van der Waals surface area (Å²) in [5.74, 6) is -0.587. The average molecular weight is 370 g/mol. The summed E-state index contributed by atoms with van der Waals surface area (Å²) in [6.07, 6.45) is 1.33. The Labute approximate surface area is 153 Å². The van der Waals surface area contributed by atoms with Gasteiger partial charge in [-0.05, 0) is 30.5 Å². The maximum atomic E-state index is 12.9. The fraction of sp³-hybridized carbons (Fsp3) is 0.222. The largest absolute Gasteiger partial charge is 0.341 e. The van der Waals surface area contributed by atoms with Crippen molar-refractivity contribution >= 4 is 33.5 Å². The van der Waals surface area contributed by atoms with E-state index >= 15 is 0 Å². The van der Waals surface area contributed by atoms with Gasteiger partial charge in [0.1, 0.15) is 11.4 Å². The van der Waals surface area contributed by atoms with E-state index in [1.165, 1.54) is 34.8 Å². The van der Waals surface area contributed by atoms with Crippen molar-refractivity contribution in [3.8, 4) is 11.1 Å². The number of nitrogens with zero attached hydrogens (tertiary/aromatic N) is 2. The number of urea groups is 1. The molecule has 8 heteroatoms. The van der Waals surface area contributed by atoms with Crippen molar-refractivity contribution < 1.29 is 9.59 Å². The number of aromatic nitrogens is 2. The van der Waals surface area contributed by atoms with Crippen LogP contribution in [0.25, 0.3) is 21.3 Å². The number of hydrogen-bond acceptors (Lipinski definition) is 5. The van der Waals surface area contributed by atoms with Gasteiger partial charge in [-0.25, -0.2) is 9.78 Å². The third kappa shape index (κ3) is 3.36. The predicted molar refractivity (Wildman–Crippen MR) is 101 cm³/mol. The zero-order valence-corrected chi connectivity index (χ0v) is 15.4. The van der Waals surface area contributed by atoms with Crippen LogP contribution in [0.2, 0.25) is 0 Å². The van der Waals surface area contributed by atoms with Crippen molar-refractivity contribution in [1.29, 1.82) is 0 Å². The lowest BCUT2D eigenvalue weighted by atomic mass is 10.0. The molecule has 3 aromatic rings. The van der Waals surface area contributed by atoms with Gasteiger partial charge in [0.15, 0.2) is 0 Å². The molecule has 2 N–H and O–H groups in total. The summed E-state index contributed by atoms with van der Waals surface area (Å²) >= 11 is 1.39. The van der Waals surface area contributed by atoms with Crippen molar-refractivity contribution in [2.24, 2.45) is 0 Å². The molecule has 0 aliphatic carbocycles. The van der Waals surface area contributed by atoms with E-state index in [-0.39, 0.29) is 12.1 Å². The van der Waals surface area contributed by atoms with Crippen LogP contribution in [0.15, 0.2) is 34.7 Å². The van der Waals surface area contributed by atoms with E-state index in [4.69, 9.17) is 0 Å². The highest BCUT2D eigenvalue weighted by Crippen LogP contribution is 2.31. The summed E-state index contributed by atoms with van der Waals surface area (Å²) in [4.78, 5) is 40.9. The standard InChI is InChI=1S/C18H18N4O3S/c1-10-4-5-12(6-11(10)2)13-8-26-16-15(13)17(24)22(9-20-16)7-14(23)21-18(25)19-3/h4-6,8-9H,7H2,1-3H3,(H2,19,21,23,25). The van der Waals surface area contributed by atoms with E-state index in [0.717, 1.165) is 16.7 Å². The van der Waals surface area contributed by atoms with Crippen molar-refractivity contribution in [3.63, 3.8) is 0 Å². The number of aryl methyl sites for hydroxylation is 2. The van der Waals surface area contributed by atoms with Crippen LogP contribution in [-0.4, -0.2) is 28.5 Å². The number of amides is 3. The first-order valence-corrected chi connectivity index (χ1v) is 8.84. The second-order valence-corrected chi connectivity index (χ2v) is 6.79. The first kappa shape index (κ1) is 17.8. The van der Waals surface area contributed by atoms with Crippen LogP contribution in [0.3, 0.4) is 0 Å². The highest BCUT2D eigenvalue weighted by atomic mass is 32.1. The normalized spacial score (nSPS) is 10.7. The minimum atomic E-state index is -0.622. The first-order chi connectivity index (χ1) is 12.4. The Kier molecular flexibility index (Phi) is 4.85. The Morgan fingerprint density at radius 2 is 2.00 bits per heavy atom. The smallest absolute Gasteiger partial charge is 0.321 e. The van der Waals surface area contributed by atoms with E-state index in [0.29, 0.717) is 10.2 Å². The molecule has 7 nitrogen and oxygen atoms in total. The summed E-state index contributed by atoms with van der Waals surface area (Å²) in [7, 11) is 1.41. The number of rotatable bonds is 3. The molecule has 3 amide bonds. The zero-order valence-electron chi connectivity index (χ0n) is 14.6. The van der Waals surface area contributed by atoms with Crippen LogP contribution in [0.5, 0.6) is 0 Å². The lowest BCUT2D eigenvalue weighted by Gasteiger charge is -2.07. The monoisotopic (exact) mass is 370 g/mol. The molecule has 2 heterocycles. The molecule has 0 aliphatic heterocycles. The Hall–Kier alpha value is -3.00. The predicted octanol–water partition coefficient (Wildman–Crippen LogP) is 2.20. The number of nitrogens with one attached hydrogen (secondary N) is 2. The Morgan fingerprint density at radius 1 is 1.23 bits per heavy atom. The second kappa shape index (κ2) is 7.09. The quantitative estimate of drug-likeness (QED) is 0.739. The summed E-state index contributed by atoms with van der Waals surface area (Å²) in [5.41, 5.74) is 3.74. The molecule has 0 spiro atoms. The molecule has 0 fully saturated rings. The van der Waals surface area contributed by atoms with Crippen LogP contribution in [-0.2, 0) is 11.3 Å². The van der Waals surface area contributed by atoms with Gasteiger partial charge in [0.25, 0.3) is 5.56 Å². The lowest BCUT2D eigenvalue weighted by molar-refractivity contribution is -0.120. The highest BCUT2D eigenvalue weighted by molar-refractivity contribution is 7.17. The van der Waals surface area contributed by atoms with Crippen molar-refractivity contribution in [1.82, 2.24) is 20.2 Å². The fourth-order valence-electron chi connectivity index (χ4n) is 2.58. The molecule has 0 unspecified atom stereocenters. The number of carbonyl (C=O) groups excluding carboxylic acids is 2. The van der Waals surface area contributed by atoms with Gasteiger partial charge in [-0.15, -0.1) is 11.3 Å². The van der Waals surface area contributed by atoms with Crippen LogP contribution >= 0.6 is 11.3 Å². The summed E-state index contributed by atoms with van der Waals surface area (Å²) < 4.78 is 1.21. The van der Waals surface area contributed by atoms with Crippen LogP contribution in [0, 0.1) is 13.8 Å². The van der Waals surface area contributed by atoms with E-state index in [2.05, 4.69) is 15.6 Å². The molecule has 0 bridgehead atoms. The molecule has 26 heavy (non-hydrogen) atoms. The maximum absolute atomic E-state index is 12.9. The van der Waals surface area contributed by atoms with Gasteiger partial charge in [0.05, 0.1) is 11.7 Å². The molecule has 0 saturated carbocycles. The minimum absolute atomic E-state index is 0.280. The Bertz CT molecular complexity index is 1070. The molecular weight excluding hydrogens is 352 g/mol. The van der Waals surface area contributed by atoms with Gasteiger partial charge in [-0.2, -0.15) is 0 Å². The molecule has 0 aliphatic rings. The van der Waals surface area contributed by atoms with E-state index in [9.17, 15) is 14.4 Å². The second-order valence-electron chi connectivity index (χ2n) is 5.93. The van der Waals surface area contributed by atoms with Gasteiger partial charge in [0.2, 0.25) is 5.91 Å². The van der Waals surface area contributed by atoms with Gasteiger partial charge in [-0.1, -0.05) is 18.2 Å². The average Bonchev–Trinajstić information content (AvgIpc) is 3.04. The van der Waals surface area contributed by atoms with Crippen LogP contribution < -0.4 is 16.2 Å². The third-order valence-electron chi connectivity index (χ3n) is 4.17. The number of benzene rings is 1. The summed E-state index contributed by atoms with van der Waals surface area (Å²) in [6, 6.07) is 5.40. The topological polar surface area (TPSA) is 93.1 Å². The van der Waals surface area contributed by atoms with Crippen molar-refractivity contribution in [3.05, 3.63) is 51.4 Å². The lowest BCUT2D eigenvalue weighted by Crippen LogP contribution is -2.40. The number of fused-ring (bicyclic) bond motifs is 1. The minimum Gasteiger partial charge on any atom is -0.341 e. The number of thiophene rings is 1. The number of imide groups is 1. The maximum Gasteiger partial charge on any atom is 0.321 e. The number of hydrogen-bond donors (Lipinski definition) is 2. The Morgan fingerprint density at radius 3 is 2.69 bits per heavy atom. The van der Waals surface area contributed by atoms with Gasteiger partial charge in [-0.3, -0.25) is 19.5 Å². The van der Waals surface area contributed by atoms with E-state index in [1.54, 1.807) is 0 Å². The molecule has 134 valence electrons. The fourth-order valence-corrected chi connectivity index (χ4v) is 3.49. The summed E-state index contributed by atoms with van der Waals surface area (Å²) in [5, 5.41) is 6.80. The first-order valence-electron chi connectivity index (χ1n) is 7.96. The van der Waals surface area contributed by atoms with Crippen LogP contribution in [0.4, 0.5) is 4.79 Å². The van der Waals surface area contributed by atoms with Gasteiger partial charge < -0.3 is 5.32 Å². The van der Waals surface area contributed by atoms with Crippen LogP contribution in [0.1, 0.15) is 11.1 Å². The molecule has 2 aromatic heterocycles. The highest BCUT2D eigenvalue weighted by Gasteiger charge is 2.15. The zero-order chi connectivity index (χ0) is 18.8. The number of carbonyl (C=O) groups is 2. The van der Waals surface area contributed by atoms with Crippen molar-refractivity contribution in [2.45, 2.75) is 20.4 Å².